The van der Waals surface area contributed by atoms with E-state index >= 15 is 0 Å². The van der Waals surface area contributed by atoms with Crippen LogP contribution in [0, 0.1) is 24.0 Å². The van der Waals surface area contributed by atoms with Gasteiger partial charge in [0.15, 0.2) is 5.11 Å². The van der Waals surface area contributed by atoms with Crippen LogP contribution in [0.4, 0.5) is 5.69 Å². The Labute approximate surface area is 172 Å². The van der Waals surface area contributed by atoms with E-state index in [1.54, 1.807) is 12.1 Å². The maximum absolute atomic E-state index is 12.7. The highest BCUT2D eigenvalue weighted by Crippen LogP contribution is 2.26. The molecule has 148 valence electrons. The molecular formula is C20H18N4O4S. The summed E-state index contributed by atoms with van der Waals surface area (Å²) in [6.07, 6.45) is 3.03. The van der Waals surface area contributed by atoms with Crippen molar-refractivity contribution in [3.63, 3.8) is 0 Å². The average molecular weight is 410 g/mol. The van der Waals surface area contributed by atoms with Crippen LogP contribution in [-0.2, 0) is 9.59 Å². The summed E-state index contributed by atoms with van der Waals surface area (Å²) in [6, 6.07) is 8.07. The molecule has 1 aliphatic rings. The van der Waals surface area contributed by atoms with E-state index in [1.807, 2.05) is 24.5 Å². The molecule has 29 heavy (non-hydrogen) atoms. The van der Waals surface area contributed by atoms with Gasteiger partial charge in [0.05, 0.1) is 10.6 Å². The van der Waals surface area contributed by atoms with Gasteiger partial charge in [0.1, 0.15) is 5.57 Å². The van der Waals surface area contributed by atoms with Gasteiger partial charge in [0, 0.05) is 30.1 Å². The Bertz CT molecular complexity index is 1100. The number of nitrogens with one attached hydrogen (secondary N) is 1. The zero-order valence-corrected chi connectivity index (χ0v) is 16.7. The van der Waals surface area contributed by atoms with E-state index in [4.69, 9.17) is 12.2 Å². The number of aromatic nitrogens is 1. The first-order chi connectivity index (χ1) is 13.7. The fourth-order valence-corrected chi connectivity index (χ4v) is 3.47. The molecule has 2 heterocycles. The van der Waals surface area contributed by atoms with Crippen molar-refractivity contribution in [2.75, 3.05) is 6.54 Å². The molecule has 8 nitrogen and oxygen atoms in total. The first-order valence-electron chi connectivity index (χ1n) is 8.68. The molecule has 0 radical (unpaired) electrons. The van der Waals surface area contributed by atoms with Crippen molar-refractivity contribution >= 4 is 40.9 Å². The molecule has 1 saturated heterocycles. The van der Waals surface area contributed by atoms with Crippen molar-refractivity contribution in [3.8, 4) is 5.69 Å². The van der Waals surface area contributed by atoms with E-state index in [2.05, 4.69) is 11.9 Å². The van der Waals surface area contributed by atoms with Gasteiger partial charge in [0.25, 0.3) is 17.5 Å². The molecule has 2 amide bonds. The summed E-state index contributed by atoms with van der Waals surface area (Å²) in [7, 11) is 0. The Morgan fingerprint density at radius 1 is 1.28 bits per heavy atom. The zero-order valence-electron chi connectivity index (χ0n) is 15.8. The predicted octanol–water partition coefficient (Wildman–Crippen LogP) is 2.82. The van der Waals surface area contributed by atoms with Gasteiger partial charge in [-0.3, -0.25) is 29.9 Å². The summed E-state index contributed by atoms with van der Waals surface area (Å²) in [4.78, 5) is 36.9. The molecule has 0 atom stereocenters. The summed E-state index contributed by atoms with van der Waals surface area (Å²) >= 11 is 5.05. The zero-order chi connectivity index (χ0) is 21.3. The number of benzene rings is 1. The number of rotatable bonds is 5. The first-order valence-corrected chi connectivity index (χ1v) is 9.09. The topological polar surface area (TPSA) is 97.5 Å². The molecule has 0 spiro atoms. The number of aryl methyl sites for hydroxylation is 1. The van der Waals surface area contributed by atoms with Crippen LogP contribution in [0.5, 0.6) is 0 Å². The van der Waals surface area contributed by atoms with Gasteiger partial charge in [-0.25, -0.2) is 0 Å². The van der Waals surface area contributed by atoms with Crippen LogP contribution in [0.2, 0.25) is 0 Å². The fraction of sp³-hybridized carbons (Fsp3) is 0.150. The van der Waals surface area contributed by atoms with Crippen LogP contribution in [0.3, 0.4) is 0 Å². The highest BCUT2D eigenvalue weighted by Gasteiger charge is 2.32. The van der Waals surface area contributed by atoms with E-state index in [9.17, 15) is 19.7 Å². The summed E-state index contributed by atoms with van der Waals surface area (Å²) in [5.41, 5.74) is 2.74. The maximum Gasteiger partial charge on any atom is 0.271 e. The van der Waals surface area contributed by atoms with Crippen LogP contribution >= 0.6 is 12.2 Å². The average Bonchev–Trinajstić information content (AvgIpc) is 2.95. The van der Waals surface area contributed by atoms with Gasteiger partial charge in [0.2, 0.25) is 0 Å². The van der Waals surface area contributed by atoms with Crippen LogP contribution in [0.1, 0.15) is 17.0 Å². The number of non-ortho nitro benzene ring substituents is 1. The molecule has 9 heteroatoms. The van der Waals surface area contributed by atoms with Crippen LogP contribution < -0.4 is 5.32 Å². The Balaban J connectivity index is 2.06. The van der Waals surface area contributed by atoms with Crippen LogP contribution in [0.25, 0.3) is 11.8 Å². The van der Waals surface area contributed by atoms with Gasteiger partial charge in [-0.1, -0.05) is 12.1 Å². The lowest BCUT2D eigenvalue weighted by atomic mass is 10.1. The fourth-order valence-electron chi connectivity index (χ4n) is 3.22. The molecule has 3 rings (SSSR count). The van der Waals surface area contributed by atoms with Gasteiger partial charge < -0.3 is 4.57 Å². The van der Waals surface area contributed by atoms with Gasteiger partial charge in [-0.2, -0.15) is 0 Å². The summed E-state index contributed by atoms with van der Waals surface area (Å²) in [5.74, 6) is -1.07. The number of nitrogens with zero attached hydrogens (tertiary/aromatic N) is 3. The molecule has 0 aliphatic carbocycles. The lowest BCUT2D eigenvalue weighted by molar-refractivity contribution is -0.384. The number of amides is 2. The number of nitro benzene ring substituents is 1. The number of hydrogen-bond donors (Lipinski definition) is 1. The Morgan fingerprint density at radius 3 is 2.66 bits per heavy atom. The van der Waals surface area contributed by atoms with Crippen molar-refractivity contribution in [2.45, 2.75) is 13.8 Å². The third-order valence-corrected chi connectivity index (χ3v) is 4.89. The predicted molar refractivity (Wildman–Crippen MR) is 113 cm³/mol. The third kappa shape index (κ3) is 3.72. The van der Waals surface area contributed by atoms with Crippen LogP contribution in [-0.4, -0.2) is 37.9 Å². The molecule has 0 bridgehead atoms. The highest BCUT2D eigenvalue weighted by molar-refractivity contribution is 7.80. The van der Waals surface area contributed by atoms with E-state index in [0.29, 0.717) is 11.3 Å². The maximum atomic E-state index is 12.7. The second-order valence-electron chi connectivity index (χ2n) is 6.46. The van der Waals surface area contributed by atoms with E-state index in [-0.39, 0.29) is 22.9 Å². The monoisotopic (exact) mass is 410 g/mol. The molecule has 1 aromatic carbocycles. The standard InChI is InChI=1S/C20H18N4O4S/c1-4-8-22-19(26)17(18(25)21-20(22)29)10-14-9-12(2)23(13(14)3)15-6-5-7-16(11-15)24(27)28/h4-7,9-11H,1,8H2,2-3H3,(H,21,25,29). The second-order valence-corrected chi connectivity index (χ2v) is 6.85. The minimum atomic E-state index is -0.569. The summed E-state index contributed by atoms with van der Waals surface area (Å²) in [5, 5.41) is 13.6. The lowest BCUT2D eigenvalue weighted by Gasteiger charge is -2.27. The quantitative estimate of drug-likeness (QED) is 0.204. The molecule has 0 saturated carbocycles. The van der Waals surface area contributed by atoms with Gasteiger partial charge in [-0.15, -0.1) is 6.58 Å². The van der Waals surface area contributed by atoms with Crippen molar-refractivity contribution in [3.05, 3.63) is 75.6 Å². The molecule has 1 aliphatic heterocycles. The lowest BCUT2D eigenvalue weighted by Crippen LogP contribution is -2.53. The minimum Gasteiger partial charge on any atom is -0.318 e. The van der Waals surface area contributed by atoms with Crippen molar-refractivity contribution in [1.29, 1.82) is 0 Å². The number of hydrogen-bond acceptors (Lipinski definition) is 5. The number of carbonyl (C=O) groups excluding carboxylic acids is 2. The van der Waals surface area contributed by atoms with Crippen molar-refractivity contribution in [2.24, 2.45) is 0 Å². The Morgan fingerprint density at radius 2 is 2.00 bits per heavy atom. The molecule has 1 fully saturated rings. The highest BCUT2D eigenvalue weighted by atomic mass is 32.1. The van der Waals surface area contributed by atoms with Crippen molar-refractivity contribution < 1.29 is 14.5 Å². The largest absolute Gasteiger partial charge is 0.318 e. The van der Waals surface area contributed by atoms with E-state index in [0.717, 1.165) is 11.4 Å². The third-order valence-electron chi connectivity index (χ3n) is 4.57. The number of carbonyl (C=O) groups is 2. The molecule has 1 N–H and O–H groups in total. The smallest absolute Gasteiger partial charge is 0.271 e. The molecule has 2 aromatic rings. The van der Waals surface area contributed by atoms with Gasteiger partial charge >= 0.3 is 0 Å². The van der Waals surface area contributed by atoms with Crippen molar-refractivity contribution in [1.82, 2.24) is 14.8 Å². The number of thiocarbonyl (C=S) groups is 1. The van der Waals surface area contributed by atoms with Gasteiger partial charge in [-0.05, 0) is 49.8 Å². The van der Waals surface area contributed by atoms with Crippen LogP contribution in [0.15, 0.2) is 48.6 Å². The van der Waals surface area contributed by atoms with E-state index < -0.39 is 16.7 Å². The first kappa shape index (κ1) is 20.2. The van der Waals surface area contributed by atoms with E-state index in [1.165, 1.54) is 29.2 Å². The SMILES string of the molecule is C=CCN1C(=O)C(=Cc2cc(C)n(-c3cccc([N+](=O)[O-])c3)c2C)C(=O)NC1=S. The molecular weight excluding hydrogens is 392 g/mol. The minimum absolute atomic E-state index is 0.0229. The normalized spacial score (nSPS) is 15.6. The molecule has 1 aromatic heterocycles. The Kier molecular flexibility index (Phi) is 5.42. The Hall–Kier alpha value is -3.59. The second kappa shape index (κ2) is 7.80. The molecule has 0 unspecified atom stereocenters. The number of nitro groups is 1. The summed E-state index contributed by atoms with van der Waals surface area (Å²) in [6.45, 7) is 7.44. The summed E-state index contributed by atoms with van der Waals surface area (Å²) < 4.78 is 1.83.